The highest BCUT2D eigenvalue weighted by Gasteiger charge is 2.63. The zero-order chi connectivity index (χ0) is 28.1. The summed E-state index contributed by atoms with van der Waals surface area (Å²) in [5.74, 6) is 1.81. The predicted octanol–water partition coefficient (Wildman–Crippen LogP) is 7.69. The average molecular weight is 561 g/mol. The van der Waals surface area contributed by atoms with Gasteiger partial charge in [-0.25, -0.2) is 0 Å². The Kier molecular flexibility index (Phi) is 3.01. The molecule has 5 aromatic carbocycles. The highest BCUT2D eigenvalue weighted by atomic mass is 16.5. The fourth-order valence-corrected chi connectivity index (χ4v) is 9.44. The molecule has 200 valence electrons. The Labute approximate surface area is 248 Å². The molecule has 0 bridgehead atoms. The number of benzene rings is 5. The SMILES string of the molecule is c1cc2c3c(c1)-n1c4ccccc4c4ccc[n+](c41)C31c3c(ccc4c5ccc6cccc7c8ccc[n+]1c8n(c34)c5c67)O2. The van der Waals surface area contributed by atoms with E-state index in [1.54, 1.807) is 0 Å². The first kappa shape index (κ1) is 20.9. The lowest BCUT2D eigenvalue weighted by Crippen LogP contribution is -2.77. The van der Waals surface area contributed by atoms with E-state index in [1.807, 2.05) is 0 Å². The van der Waals surface area contributed by atoms with Crippen LogP contribution in [0, 0.1) is 0 Å². The summed E-state index contributed by atoms with van der Waals surface area (Å²) in [6.45, 7) is 0. The first-order valence-electron chi connectivity index (χ1n) is 15.2. The molecule has 13 rings (SSSR count). The average Bonchev–Trinajstić information content (AvgIpc) is 3.60. The molecule has 5 aromatic heterocycles. The van der Waals surface area contributed by atoms with E-state index in [2.05, 4.69) is 140 Å². The van der Waals surface area contributed by atoms with E-state index in [0.29, 0.717) is 0 Å². The van der Waals surface area contributed by atoms with Crippen molar-refractivity contribution in [2.45, 2.75) is 5.66 Å². The standard InChI is InChI=1S/C39H20N4O/c1-2-12-28-22(8-1)26-10-5-19-40-37(26)42(28)29-13-4-14-30-33(29)39(40)34-31(44-30)18-17-25-24-16-15-21-7-3-9-23-27-11-6-20-41(39)38(27)43(36(25)34)35(24)32(21)23/h1-20H/q+2. The first-order valence-corrected chi connectivity index (χ1v) is 15.2. The van der Waals surface area contributed by atoms with Gasteiger partial charge in [0.25, 0.3) is 11.3 Å². The molecule has 0 fully saturated rings. The summed E-state index contributed by atoms with van der Waals surface area (Å²) in [4.78, 5) is 0. The molecule has 1 atom stereocenters. The summed E-state index contributed by atoms with van der Waals surface area (Å²) in [7, 11) is 0. The van der Waals surface area contributed by atoms with Crippen LogP contribution < -0.4 is 13.9 Å². The molecule has 0 saturated carbocycles. The molecular formula is C39H20N4O+2. The molecule has 3 aliphatic heterocycles. The molecule has 0 radical (unpaired) electrons. The molecular weight excluding hydrogens is 540 g/mol. The normalized spacial score (nSPS) is 17.4. The third-order valence-corrected chi connectivity index (χ3v) is 10.8. The summed E-state index contributed by atoms with van der Waals surface area (Å²) in [6, 6.07) is 40.2. The van der Waals surface area contributed by atoms with E-state index in [0.717, 1.165) is 17.2 Å². The van der Waals surface area contributed by atoms with Crippen molar-refractivity contribution in [2.24, 2.45) is 0 Å². The van der Waals surface area contributed by atoms with Crippen molar-refractivity contribution in [3.8, 4) is 17.2 Å². The molecule has 5 heteroatoms. The summed E-state index contributed by atoms with van der Waals surface area (Å²) < 4.78 is 17.0. The maximum Gasteiger partial charge on any atom is 0.321 e. The van der Waals surface area contributed by atoms with Crippen molar-refractivity contribution >= 4 is 70.9 Å². The monoisotopic (exact) mass is 560 g/mol. The number of hydrogen-bond donors (Lipinski definition) is 0. The van der Waals surface area contributed by atoms with E-state index in [-0.39, 0.29) is 0 Å². The second kappa shape index (κ2) is 6.36. The fourth-order valence-electron chi connectivity index (χ4n) is 9.44. The second-order valence-corrected chi connectivity index (χ2v) is 12.5. The van der Waals surface area contributed by atoms with Crippen molar-refractivity contribution in [3.05, 3.63) is 133 Å². The van der Waals surface area contributed by atoms with Gasteiger partial charge in [-0.15, -0.1) is 0 Å². The van der Waals surface area contributed by atoms with Gasteiger partial charge in [-0.1, -0.05) is 42.5 Å². The maximum atomic E-state index is 6.94. The molecule has 1 unspecified atom stereocenters. The zero-order valence-corrected chi connectivity index (χ0v) is 23.2. The predicted molar refractivity (Wildman–Crippen MR) is 171 cm³/mol. The van der Waals surface area contributed by atoms with Gasteiger partial charge in [0.15, 0.2) is 5.52 Å². The Morgan fingerprint density at radius 3 is 2.18 bits per heavy atom. The Morgan fingerprint density at radius 1 is 0.523 bits per heavy atom. The van der Waals surface area contributed by atoms with Crippen molar-refractivity contribution in [2.75, 3.05) is 0 Å². The molecule has 0 amide bonds. The van der Waals surface area contributed by atoms with Gasteiger partial charge < -0.3 is 4.74 Å². The van der Waals surface area contributed by atoms with Crippen LogP contribution in [0.4, 0.5) is 0 Å². The van der Waals surface area contributed by atoms with Crippen molar-refractivity contribution in [1.82, 2.24) is 8.97 Å². The van der Waals surface area contributed by atoms with Crippen LogP contribution in [0.5, 0.6) is 11.5 Å². The lowest BCUT2D eigenvalue weighted by Gasteiger charge is -2.40. The van der Waals surface area contributed by atoms with Crippen molar-refractivity contribution in [1.29, 1.82) is 0 Å². The third-order valence-electron chi connectivity index (χ3n) is 10.8. The van der Waals surface area contributed by atoms with E-state index in [4.69, 9.17) is 4.74 Å². The smallest absolute Gasteiger partial charge is 0.321 e. The Balaban J connectivity index is 1.42. The summed E-state index contributed by atoms with van der Waals surface area (Å²) in [6.07, 6.45) is 4.57. The summed E-state index contributed by atoms with van der Waals surface area (Å²) in [5, 5.41) is 10.2. The molecule has 8 heterocycles. The highest BCUT2D eigenvalue weighted by molar-refractivity contribution is 6.28. The fraction of sp³-hybridized carbons (Fsp3) is 0.0256. The van der Waals surface area contributed by atoms with Gasteiger partial charge in [-0.05, 0) is 72.1 Å². The highest BCUT2D eigenvalue weighted by Crippen LogP contribution is 2.56. The van der Waals surface area contributed by atoms with Crippen LogP contribution in [0.25, 0.3) is 76.6 Å². The molecule has 10 aromatic rings. The minimum Gasteiger partial charge on any atom is -0.456 e. The van der Waals surface area contributed by atoms with Crippen LogP contribution in [0.3, 0.4) is 0 Å². The number of hydrogen-bond acceptors (Lipinski definition) is 1. The zero-order valence-electron chi connectivity index (χ0n) is 23.2. The Morgan fingerprint density at radius 2 is 1.25 bits per heavy atom. The van der Waals surface area contributed by atoms with E-state index in [1.165, 1.54) is 82.1 Å². The molecule has 44 heavy (non-hydrogen) atoms. The third kappa shape index (κ3) is 1.84. The van der Waals surface area contributed by atoms with Crippen LogP contribution in [0.15, 0.2) is 122 Å². The number of ether oxygens (including phenoxy) is 1. The first-order chi connectivity index (χ1) is 21.9. The lowest BCUT2D eigenvalue weighted by atomic mass is 9.82. The molecule has 5 nitrogen and oxygen atoms in total. The van der Waals surface area contributed by atoms with Gasteiger partial charge in [-0.2, -0.15) is 18.1 Å². The van der Waals surface area contributed by atoms with E-state index < -0.39 is 5.66 Å². The largest absolute Gasteiger partial charge is 0.456 e. The van der Waals surface area contributed by atoms with Gasteiger partial charge in [0.1, 0.15) is 39.3 Å². The lowest BCUT2D eigenvalue weighted by molar-refractivity contribution is -0.954. The topological polar surface area (TPSA) is 26.3 Å². The van der Waals surface area contributed by atoms with E-state index >= 15 is 0 Å². The van der Waals surface area contributed by atoms with Crippen molar-refractivity contribution in [3.63, 3.8) is 0 Å². The second-order valence-electron chi connectivity index (χ2n) is 12.5. The van der Waals surface area contributed by atoms with Gasteiger partial charge in [0, 0.05) is 26.9 Å². The minimum absolute atomic E-state index is 0.704. The van der Waals surface area contributed by atoms with Crippen molar-refractivity contribution < 1.29 is 13.9 Å². The quantitative estimate of drug-likeness (QED) is 0.106. The number of para-hydroxylation sites is 1. The number of fused-ring (bicyclic) bond motifs is 6. The molecule has 0 saturated heterocycles. The minimum atomic E-state index is -0.704. The van der Waals surface area contributed by atoms with Gasteiger partial charge in [0.05, 0.1) is 23.2 Å². The van der Waals surface area contributed by atoms with Crippen LogP contribution in [-0.2, 0) is 5.66 Å². The molecule has 3 aliphatic rings. The molecule has 0 N–H and O–H groups in total. The van der Waals surface area contributed by atoms with Crippen LogP contribution in [-0.4, -0.2) is 8.97 Å². The Hall–Kier alpha value is -5.94. The van der Waals surface area contributed by atoms with Crippen LogP contribution in [0.1, 0.15) is 11.1 Å². The number of aromatic nitrogens is 4. The van der Waals surface area contributed by atoms with Gasteiger partial charge >= 0.3 is 5.66 Å². The maximum absolute atomic E-state index is 6.94. The Bertz CT molecular complexity index is 3040. The van der Waals surface area contributed by atoms with Crippen LogP contribution in [0.2, 0.25) is 0 Å². The number of nitrogens with zero attached hydrogens (tertiary/aromatic N) is 4. The summed E-state index contributed by atoms with van der Waals surface area (Å²) in [5.41, 5.74) is 8.96. The van der Waals surface area contributed by atoms with Crippen LogP contribution >= 0.6 is 0 Å². The number of pyridine rings is 3. The van der Waals surface area contributed by atoms with Gasteiger partial charge in [0.2, 0.25) is 0 Å². The molecule has 0 aliphatic carbocycles. The number of rotatable bonds is 0. The van der Waals surface area contributed by atoms with E-state index in [9.17, 15) is 0 Å². The molecule has 1 spiro atoms. The summed E-state index contributed by atoms with van der Waals surface area (Å²) >= 11 is 0. The van der Waals surface area contributed by atoms with Gasteiger partial charge in [-0.3, -0.25) is 0 Å².